The van der Waals surface area contributed by atoms with E-state index in [-0.39, 0.29) is 0 Å². The van der Waals surface area contributed by atoms with Crippen molar-refractivity contribution in [3.05, 3.63) is 41.5 Å². The van der Waals surface area contributed by atoms with Crippen LogP contribution in [-0.4, -0.2) is 0 Å². The van der Waals surface area contributed by atoms with Crippen LogP contribution in [0.5, 0.6) is 0 Å². The summed E-state index contributed by atoms with van der Waals surface area (Å²) in [5, 5.41) is 0. The van der Waals surface area contributed by atoms with Crippen molar-refractivity contribution in [2.24, 2.45) is 5.41 Å². The summed E-state index contributed by atoms with van der Waals surface area (Å²) in [6, 6.07) is 8.87. The standard InChI is InChI=1S/C13H14/c1-13-8-4-7-12(13)11-6-3-2-5-10(11)9-13/h2-3,5-7H,4,8-9H2,1H3. The fourth-order valence-electron chi connectivity index (χ4n) is 2.89. The molecule has 13 heavy (non-hydrogen) atoms. The Bertz CT molecular complexity index is 387. The lowest BCUT2D eigenvalue weighted by atomic mass is 9.84. The molecule has 0 bridgehead atoms. The molecule has 1 atom stereocenters. The van der Waals surface area contributed by atoms with Crippen molar-refractivity contribution in [2.45, 2.75) is 26.2 Å². The first kappa shape index (κ1) is 7.37. The molecule has 0 aromatic heterocycles. The Balaban J connectivity index is 2.23. The van der Waals surface area contributed by atoms with Gasteiger partial charge >= 0.3 is 0 Å². The van der Waals surface area contributed by atoms with E-state index in [2.05, 4.69) is 37.3 Å². The zero-order valence-corrected chi connectivity index (χ0v) is 8.01. The number of hydrogen-bond acceptors (Lipinski definition) is 0. The van der Waals surface area contributed by atoms with E-state index in [1.54, 1.807) is 11.1 Å². The molecule has 0 fully saturated rings. The maximum absolute atomic E-state index is 2.44. The highest BCUT2D eigenvalue weighted by atomic mass is 14.4. The van der Waals surface area contributed by atoms with Crippen LogP contribution in [0.15, 0.2) is 30.3 Å². The third-order valence-electron chi connectivity index (χ3n) is 3.58. The maximum Gasteiger partial charge on any atom is -0.00289 e. The van der Waals surface area contributed by atoms with Gasteiger partial charge in [-0.05, 0) is 41.4 Å². The predicted octanol–water partition coefficient (Wildman–Crippen LogP) is 3.43. The van der Waals surface area contributed by atoms with E-state index in [0.717, 1.165) is 0 Å². The Labute approximate surface area is 79.3 Å². The zero-order chi connectivity index (χ0) is 8.89. The fourth-order valence-corrected chi connectivity index (χ4v) is 2.89. The molecular formula is C13H14. The fraction of sp³-hybridized carbons (Fsp3) is 0.385. The van der Waals surface area contributed by atoms with Gasteiger partial charge in [-0.2, -0.15) is 0 Å². The van der Waals surface area contributed by atoms with Gasteiger partial charge in [-0.1, -0.05) is 37.3 Å². The maximum atomic E-state index is 2.44. The summed E-state index contributed by atoms with van der Waals surface area (Å²) >= 11 is 0. The number of rotatable bonds is 0. The van der Waals surface area contributed by atoms with Crippen LogP contribution in [-0.2, 0) is 6.42 Å². The molecule has 0 saturated heterocycles. The summed E-state index contributed by atoms with van der Waals surface area (Å²) in [5.41, 5.74) is 5.16. The molecule has 0 N–H and O–H groups in total. The number of hydrogen-bond donors (Lipinski definition) is 0. The van der Waals surface area contributed by atoms with Gasteiger partial charge in [0.25, 0.3) is 0 Å². The van der Waals surface area contributed by atoms with Gasteiger partial charge in [0.2, 0.25) is 0 Å². The summed E-state index contributed by atoms with van der Waals surface area (Å²) in [4.78, 5) is 0. The van der Waals surface area contributed by atoms with Crippen LogP contribution in [0, 0.1) is 5.41 Å². The van der Waals surface area contributed by atoms with Crippen LogP contribution in [0.3, 0.4) is 0 Å². The molecule has 0 nitrogen and oxygen atoms in total. The number of allylic oxidation sites excluding steroid dienone is 2. The molecule has 2 aliphatic carbocycles. The van der Waals surface area contributed by atoms with E-state index in [1.165, 1.54) is 24.8 Å². The van der Waals surface area contributed by atoms with Crippen molar-refractivity contribution in [2.75, 3.05) is 0 Å². The highest BCUT2D eigenvalue weighted by Gasteiger charge is 2.39. The van der Waals surface area contributed by atoms with E-state index < -0.39 is 0 Å². The molecule has 0 amide bonds. The lowest BCUT2D eigenvalue weighted by molar-refractivity contribution is 0.448. The molecule has 0 spiro atoms. The molecule has 1 aromatic rings. The van der Waals surface area contributed by atoms with Crippen LogP contribution < -0.4 is 0 Å². The number of benzene rings is 1. The van der Waals surface area contributed by atoms with Crippen molar-refractivity contribution < 1.29 is 0 Å². The van der Waals surface area contributed by atoms with Crippen molar-refractivity contribution in [1.29, 1.82) is 0 Å². The number of fused-ring (bicyclic) bond motifs is 3. The molecule has 0 aliphatic heterocycles. The molecule has 0 saturated carbocycles. The minimum Gasteiger partial charge on any atom is -0.0801 e. The van der Waals surface area contributed by atoms with Crippen molar-refractivity contribution in [3.8, 4) is 0 Å². The van der Waals surface area contributed by atoms with E-state index in [1.807, 2.05) is 0 Å². The van der Waals surface area contributed by atoms with Crippen LogP contribution in [0.1, 0.15) is 30.9 Å². The van der Waals surface area contributed by atoms with Gasteiger partial charge in [-0.15, -0.1) is 0 Å². The van der Waals surface area contributed by atoms with Gasteiger partial charge in [0.05, 0.1) is 0 Å². The van der Waals surface area contributed by atoms with Crippen LogP contribution in [0.2, 0.25) is 0 Å². The van der Waals surface area contributed by atoms with Crippen molar-refractivity contribution >= 4 is 5.57 Å². The molecule has 1 aromatic carbocycles. The Kier molecular flexibility index (Phi) is 1.28. The second-order valence-electron chi connectivity index (χ2n) is 4.55. The van der Waals surface area contributed by atoms with Crippen LogP contribution in [0.4, 0.5) is 0 Å². The molecule has 0 heterocycles. The predicted molar refractivity (Wildman–Crippen MR) is 55.5 cm³/mol. The lowest BCUT2D eigenvalue weighted by Gasteiger charge is -2.19. The summed E-state index contributed by atoms with van der Waals surface area (Å²) in [7, 11) is 0. The molecule has 1 unspecified atom stereocenters. The van der Waals surface area contributed by atoms with E-state index in [4.69, 9.17) is 0 Å². The van der Waals surface area contributed by atoms with Gasteiger partial charge in [0.1, 0.15) is 0 Å². The summed E-state index contributed by atoms with van der Waals surface area (Å²) in [6.07, 6.45) is 6.32. The van der Waals surface area contributed by atoms with Crippen LogP contribution in [0.25, 0.3) is 5.57 Å². The molecule has 0 radical (unpaired) electrons. The Morgan fingerprint density at radius 3 is 3.00 bits per heavy atom. The first-order valence-electron chi connectivity index (χ1n) is 5.08. The average molecular weight is 170 g/mol. The second-order valence-corrected chi connectivity index (χ2v) is 4.55. The summed E-state index contributed by atoms with van der Waals surface area (Å²) in [5.74, 6) is 0. The molecular weight excluding hydrogens is 156 g/mol. The summed E-state index contributed by atoms with van der Waals surface area (Å²) in [6.45, 7) is 2.41. The smallest absolute Gasteiger partial charge is 0.00289 e. The highest BCUT2D eigenvalue weighted by Crippen LogP contribution is 2.52. The quantitative estimate of drug-likeness (QED) is 0.559. The highest BCUT2D eigenvalue weighted by molar-refractivity contribution is 5.78. The molecule has 66 valence electrons. The molecule has 0 heteroatoms. The van der Waals surface area contributed by atoms with Gasteiger partial charge < -0.3 is 0 Å². The monoisotopic (exact) mass is 170 g/mol. The van der Waals surface area contributed by atoms with Crippen molar-refractivity contribution in [3.63, 3.8) is 0 Å². The van der Waals surface area contributed by atoms with E-state index >= 15 is 0 Å². The van der Waals surface area contributed by atoms with E-state index in [9.17, 15) is 0 Å². The minimum atomic E-state index is 0.476. The summed E-state index contributed by atoms with van der Waals surface area (Å²) < 4.78 is 0. The largest absolute Gasteiger partial charge is 0.0801 e. The zero-order valence-electron chi connectivity index (χ0n) is 8.01. The topological polar surface area (TPSA) is 0 Å². The Morgan fingerprint density at radius 1 is 1.23 bits per heavy atom. The normalized spacial score (nSPS) is 29.8. The third kappa shape index (κ3) is 0.861. The van der Waals surface area contributed by atoms with Crippen molar-refractivity contribution in [1.82, 2.24) is 0 Å². The molecule has 2 aliphatic rings. The SMILES string of the molecule is CC12CCC=C1c1ccccc1C2. The van der Waals surface area contributed by atoms with Gasteiger partial charge in [-0.25, -0.2) is 0 Å². The first-order valence-corrected chi connectivity index (χ1v) is 5.08. The minimum absolute atomic E-state index is 0.476. The van der Waals surface area contributed by atoms with Crippen LogP contribution >= 0.6 is 0 Å². The van der Waals surface area contributed by atoms with Gasteiger partial charge in [0.15, 0.2) is 0 Å². The van der Waals surface area contributed by atoms with E-state index in [0.29, 0.717) is 5.41 Å². The average Bonchev–Trinajstić information content (AvgIpc) is 2.58. The molecule has 3 rings (SSSR count). The third-order valence-corrected chi connectivity index (χ3v) is 3.58. The Morgan fingerprint density at radius 2 is 2.08 bits per heavy atom. The second kappa shape index (κ2) is 2.25. The first-order chi connectivity index (χ1) is 6.30. The Hall–Kier alpha value is -1.04. The van der Waals surface area contributed by atoms with Gasteiger partial charge in [0, 0.05) is 0 Å². The van der Waals surface area contributed by atoms with Gasteiger partial charge in [-0.3, -0.25) is 0 Å². The lowest BCUT2D eigenvalue weighted by Crippen LogP contribution is -2.10.